The number of sulfonamides is 1. The Bertz CT molecular complexity index is 1170. The number of benzene rings is 2. The zero-order valence-corrected chi connectivity index (χ0v) is 22.2. The second-order valence-electron chi connectivity index (χ2n) is 9.30. The Balaban J connectivity index is 2.19. The second kappa shape index (κ2) is 12.8. The number of hydrogen-bond acceptors (Lipinski definition) is 4. The van der Waals surface area contributed by atoms with Crippen LogP contribution < -0.4 is 9.62 Å². The molecule has 2 aromatic carbocycles. The molecular weight excluding hydrogens is 488 g/mol. The standard InChI is InChI=1S/C26H35F2N3O4S/c1-18(2)16-29-26(33)20(4)30(17-21-10-7-6-9-19(21)3)25(32)11-8-14-31(36(5,34)35)22-12-13-23(27)24(28)15-22/h6-7,9-10,12-13,15,18,20H,8,11,14,16-17H2,1-5H3,(H,29,33)/t20-/m1/s1. The third-order valence-corrected chi connectivity index (χ3v) is 6.99. The molecular formula is C26H35F2N3O4S. The molecule has 0 spiro atoms. The van der Waals surface area contributed by atoms with Gasteiger partial charge in [-0.3, -0.25) is 13.9 Å². The predicted molar refractivity (Wildman–Crippen MR) is 137 cm³/mol. The molecule has 0 aliphatic heterocycles. The highest BCUT2D eigenvalue weighted by atomic mass is 32.2. The summed E-state index contributed by atoms with van der Waals surface area (Å²) >= 11 is 0. The molecule has 2 aromatic rings. The first kappa shape index (κ1) is 29.2. The summed E-state index contributed by atoms with van der Waals surface area (Å²) in [5.41, 5.74) is 1.85. The van der Waals surface area contributed by atoms with Crippen molar-refractivity contribution in [2.45, 2.75) is 53.1 Å². The molecule has 0 bridgehead atoms. The van der Waals surface area contributed by atoms with Crippen molar-refractivity contribution in [1.29, 1.82) is 0 Å². The van der Waals surface area contributed by atoms with E-state index < -0.39 is 27.7 Å². The van der Waals surface area contributed by atoms with Gasteiger partial charge in [0.05, 0.1) is 11.9 Å². The Morgan fingerprint density at radius 2 is 1.69 bits per heavy atom. The lowest BCUT2D eigenvalue weighted by atomic mass is 10.1. The van der Waals surface area contributed by atoms with Gasteiger partial charge in [0.1, 0.15) is 6.04 Å². The van der Waals surface area contributed by atoms with Crippen molar-refractivity contribution >= 4 is 27.5 Å². The highest BCUT2D eigenvalue weighted by Crippen LogP contribution is 2.22. The zero-order valence-electron chi connectivity index (χ0n) is 21.4. The first-order valence-corrected chi connectivity index (χ1v) is 13.7. The van der Waals surface area contributed by atoms with Crippen LogP contribution in [0.25, 0.3) is 0 Å². The van der Waals surface area contributed by atoms with E-state index in [1.807, 2.05) is 45.0 Å². The van der Waals surface area contributed by atoms with Gasteiger partial charge in [-0.05, 0) is 49.4 Å². The van der Waals surface area contributed by atoms with E-state index in [2.05, 4.69) is 5.32 Å². The maximum Gasteiger partial charge on any atom is 0.242 e. The first-order valence-electron chi connectivity index (χ1n) is 11.9. The fourth-order valence-electron chi connectivity index (χ4n) is 3.65. The molecule has 36 heavy (non-hydrogen) atoms. The van der Waals surface area contributed by atoms with Gasteiger partial charge in [0.2, 0.25) is 21.8 Å². The van der Waals surface area contributed by atoms with E-state index in [0.717, 1.165) is 33.8 Å². The molecule has 0 aliphatic rings. The van der Waals surface area contributed by atoms with E-state index in [0.29, 0.717) is 6.54 Å². The van der Waals surface area contributed by atoms with Crippen LogP contribution in [0.4, 0.5) is 14.5 Å². The molecule has 0 heterocycles. The maximum atomic E-state index is 13.7. The highest BCUT2D eigenvalue weighted by molar-refractivity contribution is 7.92. The molecule has 2 rings (SSSR count). The number of nitrogens with one attached hydrogen (secondary N) is 1. The van der Waals surface area contributed by atoms with Crippen molar-refractivity contribution in [3.8, 4) is 0 Å². The van der Waals surface area contributed by atoms with Gasteiger partial charge in [-0.25, -0.2) is 17.2 Å². The fraction of sp³-hybridized carbons (Fsp3) is 0.462. The van der Waals surface area contributed by atoms with Crippen LogP contribution >= 0.6 is 0 Å². The Morgan fingerprint density at radius 1 is 1.03 bits per heavy atom. The Hall–Kier alpha value is -3.01. The molecule has 0 unspecified atom stereocenters. The smallest absolute Gasteiger partial charge is 0.242 e. The van der Waals surface area contributed by atoms with Gasteiger partial charge in [0.25, 0.3) is 0 Å². The third-order valence-electron chi connectivity index (χ3n) is 5.80. The summed E-state index contributed by atoms with van der Waals surface area (Å²) in [6.45, 7) is 8.13. The van der Waals surface area contributed by atoms with Gasteiger partial charge < -0.3 is 10.2 Å². The van der Waals surface area contributed by atoms with Gasteiger partial charge in [-0.15, -0.1) is 0 Å². The van der Waals surface area contributed by atoms with Crippen LogP contribution in [0, 0.1) is 24.5 Å². The minimum absolute atomic E-state index is 0.0259. The van der Waals surface area contributed by atoms with Crippen LogP contribution in [0.2, 0.25) is 0 Å². The van der Waals surface area contributed by atoms with Gasteiger partial charge in [0, 0.05) is 32.1 Å². The van der Waals surface area contributed by atoms with E-state index in [-0.39, 0.29) is 49.4 Å². The largest absolute Gasteiger partial charge is 0.354 e. The van der Waals surface area contributed by atoms with Crippen LogP contribution in [0.1, 0.15) is 44.7 Å². The van der Waals surface area contributed by atoms with Crippen molar-refractivity contribution < 1.29 is 26.8 Å². The van der Waals surface area contributed by atoms with Crippen LogP contribution in [-0.2, 0) is 26.2 Å². The number of aryl methyl sites for hydroxylation is 1. The van der Waals surface area contributed by atoms with Gasteiger partial charge in [-0.1, -0.05) is 38.1 Å². The van der Waals surface area contributed by atoms with Gasteiger partial charge in [0.15, 0.2) is 11.6 Å². The quantitative estimate of drug-likeness (QED) is 0.456. The summed E-state index contributed by atoms with van der Waals surface area (Å²) in [6, 6.07) is 9.66. The average Bonchev–Trinajstić information content (AvgIpc) is 2.80. The summed E-state index contributed by atoms with van der Waals surface area (Å²) < 4.78 is 52.6. The topological polar surface area (TPSA) is 86.8 Å². The Morgan fingerprint density at radius 3 is 2.28 bits per heavy atom. The highest BCUT2D eigenvalue weighted by Gasteiger charge is 2.27. The zero-order chi connectivity index (χ0) is 27.0. The van der Waals surface area contributed by atoms with E-state index in [4.69, 9.17) is 0 Å². The van der Waals surface area contributed by atoms with Crippen LogP contribution in [0.15, 0.2) is 42.5 Å². The van der Waals surface area contributed by atoms with E-state index >= 15 is 0 Å². The normalized spacial score (nSPS) is 12.3. The van der Waals surface area contributed by atoms with Crippen LogP contribution in [0.5, 0.6) is 0 Å². The molecule has 0 aromatic heterocycles. The maximum absolute atomic E-state index is 13.7. The number of nitrogens with zero attached hydrogens (tertiary/aromatic N) is 2. The lowest BCUT2D eigenvalue weighted by molar-refractivity contribution is -0.140. The molecule has 2 amide bonds. The van der Waals surface area contributed by atoms with E-state index in [1.165, 1.54) is 11.0 Å². The van der Waals surface area contributed by atoms with Crippen LogP contribution in [0.3, 0.4) is 0 Å². The molecule has 7 nitrogen and oxygen atoms in total. The number of carbonyl (C=O) groups is 2. The van der Waals surface area contributed by atoms with E-state index in [9.17, 15) is 26.8 Å². The van der Waals surface area contributed by atoms with Crippen molar-refractivity contribution in [3.05, 3.63) is 65.2 Å². The molecule has 1 atom stereocenters. The fourth-order valence-corrected chi connectivity index (χ4v) is 4.61. The molecule has 0 aliphatic carbocycles. The van der Waals surface area contributed by atoms with Gasteiger partial charge >= 0.3 is 0 Å². The lowest BCUT2D eigenvalue weighted by Crippen LogP contribution is -2.48. The van der Waals surface area contributed by atoms with Gasteiger partial charge in [-0.2, -0.15) is 0 Å². The molecule has 0 saturated heterocycles. The van der Waals surface area contributed by atoms with Crippen LogP contribution in [-0.4, -0.2) is 50.5 Å². The average molecular weight is 524 g/mol. The van der Waals surface area contributed by atoms with Crippen molar-refractivity contribution in [2.75, 3.05) is 23.7 Å². The van der Waals surface area contributed by atoms with E-state index in [1.54, 1.807) is 6.92 Å². The summed E-state index contributed by atoms with van der Waals surface area (Å²) in [5, 5.41) is 2.86. The summed E-state index contributed by atoms with van der Waals surface area (Å²) in [5.74, 6) is -2.59. The lowest BCUT2D eigenvalue weighted by Gasteiger charge is -2.30. The minimum Gasteiger partial charge on any atom is -0.354 e. The summed E-state index contributed by atoms with van der Waals surface area (Å²) in [6.07, 6.45) is 1.04. The molecule has 10 heteroatoms. The predicted octanol–water partition coefficient (Wildman–Crippen LogP) is 4.01. The van der Waals surface area contributed by atoms with Crippen molar-refractivity contribution in [1.82, 2.24) is 10.2 Å². The Kier molecular flexibility index (Phi) is 10.4. The number of amides is 2. The third kappa shape index (κ3) is 8.29. The van der Waals surface area contributed by atoms with Crippen molar-refractivity contribution in [3.63, 3.8) is 0 Å². The number of carbonyl (C=O) groups excluding carboxylic acids is 2. The molecule has 0 radical (unpaired) electrons. The number of anilines is 1. The molecule has 198 valence electrons. The molecule has 0 fully saturated rings. The molecule has 1 N–H and O–H groups in total. The second-order valence-corrected chi connectivity index (χ2v) is 11.2. The summed E-state index contributed by atoms with van der Waals surface area (Å²) in [4.78, 5) is 27.5. The van der Waals surface area contributed by atoms with Crippen molar-refractivity contribution in [2.24, 2.45) is 5.92 Å². The monoisotopic (exact) mass is 523 g/mol. The number of halogens is 2. The molecule has 0 saturated carbocycles. The number of rotatable bonds is 12. The Labute approximate surface area is 212 Å². The summed E-state index contributed by atoms with van der Waals surface area (Å²) in [7, 11) is -3.81. The first-order chi connectivity index (χ1) is 16.8. The number of hydrogen-bond donors (Lipinski definition) is 1. The minimum atomic E-state index is -3.81. The SMILES string of the molecule is Cc1ccccc1CN(C(=O)CCCN(c1ccc(F)c(F)c1)S(C)(=O)=O)[C@H](C)C(=O)NCC(C)C.